The normalized spacial score (nSPS) is 11.2. The molecule has 0 saturated carbocycles. The number of rotatable bonds is 6. The number of carbonyl (C=O) groups excluding carboxylic acids is 1. The topological polar surface area (TPSA) is 101 Å². The van der Waals surface area contributed by atoms with Crippen LogP contribution in [0.15, 0.2) is 84.6 Å². The van der Waals surface area contributed by atoms with E-state index in [9.17, 15) is 24.6 Å². The van der Waals surface area contributed by atoms with Gasteiger partial charge < -0.3 is 9.88 Å². The first kappa shape index (κ1) is 21.5. The summed E-state index contributed by atoms with van der Waals surface area (Å²) in [5, 5.41) is 23.8. The predicted molar refractivity (Wildman–Crippen MR) is 123 cm³/mol. The fraction of sp³-hybridized carbons (Fsp3) is 0.0400. The molecule has 4 rings (SSSR count). The van der Waals surface area contributed by atoms with E-state index in [1.165, 1.54) is 42.5 Å². The van der Waals surface area contributed by atoms with Crippen LogP contribution in [-0.2, 0) is 11.3 Å². The number of non-ortho nitro benzene ring substituents is 1. The number of nitro benzene ring substituents is 1. The van der Waals surface area contributed by atoms with E-state index in [1.54, 1.807) is 6.07 Å². The Morgan fingerprint density at radius 1 is 1.12 bits per heavy atom. The van der Waals surface area contributed by atoms with Crippen LogP contribution in [0.4, 0.5) is 15.8 Å². The van der Waals surface area contributed by atoms with E-state index in [0.717, 1.165) is 16.5 Å². The lowest BCUT2D eigenvalue weighted by molar-refractivity contribution is -0.384. The summed E-state index contributed by atoms with van der Waals surface area (Å²) in [4.78, 5) is 22.9. The number of nitro groups is 1. The number of halogens is 1. The zero-order chi connectivity index (χ0) is 23.4. The van der Waals surface area contributed by atoms with Gasteiger partial charge in [0.2, 0.25) is 0 Å². The molecule has 0 saturated heterocycles. The fourth-order valence-electron chi connectivity index (χ4n) is 3.52. The first-order chi connectivity index (χ1) is 15.9. The van der Waals surface area contributed by atoms with Crippen molar-refractivity contribution >= 4 is 34.3 Å². The van der Waals surface area contributed by atoms with Crippen LogP contribution in [0.2, 0.25) is 0 Å². The standard InChI is InChI=1S/C25H17FN4O3/c26-20-5-3-4-17(12-20)15-29-16-19(23-6-1-2-7-24(23)29)13-18(14-27)25(31)28-21-8-10-22(11-9-21)30(32)33/h1-13,16H,15H2,(H,28,31). The molecule has 0 fully saturated rings. The van der Waals surface area contributed by atoms with Gasteiger partial charge in [0.25, 0.3) is 11.6 Å². The van der Waals surface area contributed by atoms with Crippen LogP contribution < -0.4 is 5.32 Å². The minimum absolute atomic E-state index is 0.102. The maximum absolute atomic E-state index is 13.6. The lowest BCUT2D eigenvalue weighted by Gasteiger charge is -2.05. The summed E-state index contributed by atoms with van der Waals surface area (Å²) in [6.45, 7) is 0.420. The molecule has 0 atom stereocenters. The molecule has 162 valence electrons. The maximum atomic E-state index is 13.6. The summed E-state index contributed by atoms with van der Waals surface area (Å²) in [7, 11) is 0. The Morgan fingerprint density at radius 2 is 1.88 bits per heavy atom. The Labute approximate surface area is 188 Å². The molecule has 1 aromatic heterocycles. The van der Waals surface area contributed by atoms with Gasteiger partial charge in [0.15, 0.2) is 0 Å². The number of benzene rings is 3. The third-order valence-electron chi connectivity index (χ3n) is 5.06. The molecule has 0 aliphatic heterocycles. The summed E-state index contributed by atoms with van der Waals surface area (Å²) in [6, 6.07) is 21.1. The summed E-state index contributed by atoms with van der Waals surface area (Å²) in [6.07, 6.45) is 3.30. The van der Waals surface area contributed by atoms with Gasteiger partial charge in [0, 0.05) is 47.0 Å². The third-order valence-corrected chi connectivity index (χ3v) is 5.06. The van der Waals surface area contributed by atoms with Crippen molar-refractivity contribution in [3.8, 4) is 6.07 Å². The highest BCUT2D eigenvalue weighted by Gasteiger charge is 2.14. The van der Waals surface area contributed by atoms with Crippen molar-refractivity contribution in [2.24, 2.45) is 0 Å². The van der Waals surface area contributed by atoms with E-state index in [4.69, 9.17) is 0 Å². The Bertz CT molecular complexity index is 1430. The second-order valence-electron chi connectivity index (χ2n) is 7.29. The maximum Gasteiger partial charge on any atom is 0.269 e. The predicted octanol–water partition coefficient (Wildman–Crippen LogP) is 5.28. The molecule has 1 amide bonds. The summed E-state index contributed by atoms with van der Waals surface area (Å²) in [5.74, 6) is -0.952. The van der Waals surface area contributed by atoms with E-state index < -0.39 is 10.8 Å². The Balaban J connectivity index is 1.64. The van der Waals surface area contributed by atoms with Gasteiger partial charge in [-0.05, 0) is 42.0 Å². The third kappa shape index (κ3) is 4.78. The molecule has 0 radical (unpaired) electrons. The largest absolute Gasteiger partial charge is 0.342 e. The van der Waals surface area contributed by atoms with Gasteiger partial charge in [0.1, 0.15) is 17.5 Å². The van der Waals surface area contributed by atoms with Gasteiger partial charge in [-0.25, -0.2) is 4.39 Å². The molecular formula is C25H17FN4O3. The van der Waals surface area contributed by atoms with Crippen LogP contribution >= 0.6 is 0 Å². The molecule has 0 aliphatic rings. The lowest BCUT2D eigenvalue weighted by atomic mass is 10.1. The second-order valence-corrected chi connectivity index (χ2v) is 7.29. The van der Waals surface area contributed by atoms with Gasteiger partial charge in [-0.2, -0.15) is 5.26 Å². The molecule has 0 spiro atoms. The van der Waals surface area contributed by atoms with Crippen molar-refractivity contribution < 1.29 is 14.1 Å². The molecule has 7 nitrogen and oxygen atoms in total. The molecule has 33 heavy (non-hydrogen) atoms. The fourth-order valence-corrected chi connectivity index (χ4v) is 3.52. The highest BCUT2D eigenvalue weighted by molar-refractivity contribution is 6.10. The van der Waals surface area contributed by atoms with Gasteiger partial charge in [-0.15, -0.1) is 0 Å². The quantitative estimate of drug-likeness (QED) is 0.191. The smallest absolute Gasteiger partial charge is 0.269 e. The van der Waals surface area contributed by atoms with Gasteiger partial charge in [0.05, 0.1) is 4.92 Å². The van der Waals surface area contributed by atoms with Crippen molar-refractivity contribution in [1.82, 2.24) is 4.57 Å². The Hall–Kier alpha value is -4.77. The van der Waals surface area contributed by atoms with Crippen molar-refractivity contribution in [2.45, 2.75) is 6.54 Å². The van der Waals surface area contributed by atoms with Crippen LogP contribution in [0, 0.1) is 27.3 Å². The molecular weight excluding hydrogens is 423 g/mol. The number of fused-ring (bicyclic) bond motifs is 1. The number of aromatic nitrogens is 1. The van der Waals surface area contributed by atoms with Crippen LogP contribution in [0.5, 0.6) is 0 Å². The summed E-state index contributed by atoms with van der Waals surface area (Å²) in [5.41, 5.74) is 2.43. The first-order valence-corrected chi connectivity index (χ1v) is 9.94. The van der Waals surface area contributed by atoms with Crippen LogP contribution in [0.3, 0.4) is 0 Å². The van der Waals surface area contributed by atoms with Gasteiger partial charge in [-0.3, -0.25) is 14.9 Å². The van der Waals surface area contributed by atoms with Crippen molar-refractivity contribution in [3.63, 3.8) is 0 Å². The molecule has 0 bridgehead atoms. The van der Waals surface area contributed by atoms with E-state index in [2.05, 4.69) is 5.32 Å². The molecule has 4 aromatic rings. The van der Waals surface area contributed by atoms with Crippen molar-refractivity contribution in [1.29, 1.82) is 5.26 Å². The second kappa shape index (κ2) is 9.16. The number of carbonyl (C=O) groups is 1. The average Bonchev–Trinajstić information content (AvgIpc) is 3.15. The highest BCUT2D eigenvalue weighted by atomic mass is 19.1. The number of amides is 1. The first-order valence-electron chi connectivity index (χ1n) is 9.94. The van der Waals surface area contributed by atoms with E-state index in [1.807, 2.05) is 47.2 Å². The van der Waals surface area contributed by atoms with Gasteiger partial charge >= 0.3 is 0 Å². The molecule has 0 aliphatic carbocycles. The number of para-hydroxylation sites is 1. The van der Waals surface area contributed by atoms with Crippen molar-refractivity contribution in [3.05, 3.63) is 112 Å². The molecule has 1 heterocycles. The highest BCUT2D eigenvalue weighted by Crippen LogP contribution is 2.25. The monoisotopic (exact) mass is 440 g/mol. The number of nitrogens with one attached hydrogen (secondary N) is 1. The minimum atomic E-state index is -0.631. The van der Waals surface area contributed by atoms with E-state index in [0.29, 0.717) is 17.8 Å². The summed E-state index contributed by atoms with van der Waals surface area (Å²) < 4.78 is 15.5. The van der Waals surface area contributed by atoms with Crippen molar-refractivity contribution in [2.75, 3.05) is 5.32 Å². The molecule has 0 unspecified atom stereocenters. The number of hydrogen-bond donors (Lipinski definition) is 1. The van der Waals surface area contributed by atoms with Gasteiger partial charge in [-0.1, -0.05) is 30.3 Å². The van der Waals surface area contributed by atoms with Crippen LogP contribution in [0.1, 0.15) is 11.1 Å². The number of nitriles is 1. The molecule has 1 N–H and O–H groups in total. The zero-order valence-electron chi connectivity index (χ0n) is 17.2. The number of anilines is 1. The SMILES string of the molecule is N#CC(=Cc1cn(Cc2cccc(F)c2)c2ccccc12)C(=O)Nc1ccc([N+](=O)[O-])cc1. The Kier molecular flexibility index (Phi) is 5.96. The number of hydrogen-bond acceptors (Lipinski definition) is 4. The molecule has 8 heteroatoms. The number of nitrogens with zero attached hydrogens (tertiary/aromatic N) is 3. The van der Waals surface area contributed by atoms with E-state index in [-0.39, 0.29) is 17.1 Å². The van der Waals surface area contributed by atoms with Crippen LogP contribution in [0.25, 0.3) is 17.0 Å². The minimum Gasteiger partial charge on any atom is -0.342 e. The lowest BCUT2D eigenvalue weighted by Crippen LogP contribution is -2.13. The van der Waals surface area contributed by atoms with Crippen LogP contribution in [-0.4, -0.2) is 15.4 Å². The summed E-state index contributed by atoms with van der Waals surface area (Å²) >= 11 is 0. The van der Waals surface area contributed by atoms with E-state index >= 15 is 0 Å². The Morgan fingerprint density at radius 3 is 2.58 bits per heavy atom. The molecule has 3 aromatic carbocycles. The average molecular weight is 440 g/mol. The zero-order valence-corrected chi connectivity index (χ0v) is 17.2.